The van der Waals surface area contributed by atoms with Crippen LogP contribution >= 0.6 is 0 Å². The highest BCUT2D eigenvalue weighted by Crippen LogP contribution is 2.17. The van der Waals surface area contributed by atoms with E-state index in [2.05, 4.69) is 10.5 Å². The number of carbonyl (C=O) groups is 1. The van der Waals surface area contributed by atoms with Crippen LogP contribution in [-0.2, 0) is 17.8 Å². The van der Waals surface area contributed by atoms with Gasteiger partial charge in [0.15, 0.2) is 11.6 Å². The Morgan fingerprint density at radius 2 is 2.19 bits per heavy atom. The molecule has 1 aromatic heterocycles. The van der Waals surface area contributed by atoms with E-state index in [0.29, 0.717) is 17.0 Å². The Morgan fingerprint density at radius 1 is 1.43 bits per heavy atom. The van der Waals surface area contributed by atoms with Crippen LogP contribution in [0.2, 0.25) is 0 Å². The molecule has 112 valence electrons. The molecule has 0 spiro atoms. The van der Waals surface area contributed by atoms with Gasteiger partial charge in [-0.3, -0.25) is 4.79 Å². The number of amides is 1. The van der Waals surface area contributed by atoms with Crippen molar-refractivity contribution in [2.45, 2.75) is 26.8 Å². The molecule has 2 aromatic rings. The van der Waals surface area contributed by atoms with E-state index >= 15 is 0 Å². The Labute approximate surface area is 122 Å². The van der Waals surface area contributed by atoms with E-state index in [1.165, 1.54) is 19.2 Å². The largest absolute Gasteiger partial charge is 0.494 e. The van der Waals surface area contributed by atoms with Crippen LogP contribution in [0.25, 0.3) is 0 Å². The van der Waals surface area contributed by atoms with Gasteiger partial charge < -0.3 is 14.6 Å². The maximum Gasteiger partial charge on any atom is 0.224 e. The summed E-state index contributed by atoms with van der Waals surface area (Å²) >= 11 is 0. The first-order valence-corrected chi connectivity index (χ1v) is 6.52. The van der Waals surface area contributed by atoms with Gasteiger partial charge in [0.1, 0.15) is 5.76 Å². The highest BCUT2D eigenvalue weighted by atomic mass is 19.1. The monoisotopic (exact) mass is 292 g/mol. The standard InChI is InChI=1S/C15H17FN2O3/c1-9-12(10(2)21-18-9)7-15(19)17-8-11-4-5-14(20-3)13(16)6-11/h4-6H,7-8H2,1-3H3,(H,17,19). The van der Waals surface area contributed by atoms with Gasteiger partial charge in [0.25, 0.3) is 0 Å². The molecule has 0 saturated heterocycles. The summed E-state index contributed by atoms with van der Waals surface area (Å²) in [6.45, 7) is 3.81. The predicted molar refractivity (Wildman–Crippen MR) is 74.5 cm³/mol. The lowest BCUT2D eigenvalue weighted by molar-refractivity contribution is -0.120. The third-order valence-corrected chi connectivity index (χ3v) is 3.22. The van der Waals surface area contributed by atoms with Gasteiger partial charge in [0.2, 0.25) is 5.91 Å². The fourth-order valence-electron chi connectivity index (χ4n) is 2.00. The van der Waals surface area contributed by atoms with E-state index in [0.717, 1.165) is 5.56 Å². The van der Waals surface area contributed by atoms with Crippen molar-refractivity contribution >= 4 is 5.91 Å². The van der Waals surface area contributed by atoms with Crippen LogP contribution < -0.4 is 10.1 Å². The quantitative estimate of drug-likeness (QED) is 0.918. The number of benzene rings is 1. The first kappa shape index (κ1) is 15.0. The van der Waals surface area contributed by atoms with Gasteiger partial charge in [-0.2, -0.15) is 0 Å². The molecule has 0 bridgehead atoms. The lowest BCUT2D eigenvalue weighted by Crippen LogP contribution is -2.25. The fourth-order valence-corrected chi connectivity index (χ4v) is 2.00. The Bertz CT molecular complexity index is 633. The minimum Gasteiger partial charge on any atom is -0.494 e. The minimum atomic E-state index is -0.449. The van der Waals surface area contributed by atoms with Crippen LogP contribution in [0.1, 0.15) is 22.6 Å². The molecule has 0 unspecified atom stereocenters. The van der Waals surface area contributed by atoms with Crippen LogP contribution in [0.5, 0.6) is 5.75 Å². The Kier molecular flexibility index (Phi) is 4.57. The molecule has 0 atom stereocenters. The molecule has 5 nitrogen and oxygen atoms in total. The average molecular weight is 292 g/mol. The van der Waals surface area contributed by atoms with E-state index in [9.17, 15) is 9.18 Å². The summed E-state index contributed by atoms with van der Waals surface area (Å²) in [6.07, 6.45) is 0.194. The zero-order valence-electron chi connectivity index (χ0n) is 12.2. The van der Waals surface area contributed by atoms with E-state index < -0.39 is 5.82 Å². The van der Waals surface area contributed by atoms with Gasteiger partial charge in [-0.15, -0.1) is 0 Å². The highest BCUT2D eigenvalue weighted by molar-refractivity contribution is 5.79. The van der Waals surface area contributed by atoms with Crippen molar-refractivity contribution in [3.63, 3.8) is 0 Å². The third-order valence-electron chi connectivity index (χ3n) is 3.22. The zero-order valence-corrected chi connectivity index (χ0v) is 12.2. The van der Waals surface area contributed by atoms with Crippen molar-refractivity contribution in [2.75, 3.05) is 7.11 Å². The number of rotatable bonds is 5. The Balaban J connectivity index is 1.94. The average Bonchev–Trinajstić information content (AvgIpc) is 2.77. The van der Waals surface area contributed by atoms with Crippen LogP contribution in [-0.4, -0.2) is 18.2 Å². The molecule has 0 aliphatic carbocycles. The lowest BCUT2D eigenvalue weighted by Gasteiger charge is -2.07. The number of carbonyl (C=O) groups excluding carboxylic acids is 1. The Hall–Kier alpha value is -2.37. The van der Waals surface area contributed by atoms with Gasteiger partial charge in [-0.05, 0) is 31.5 Å². The van der Waals surface area contributed by atoms with Crippen LogP contribution in [0.4, 0.5) is 4.39 Å². The minimum absolute atomic E-state index is 0.166. The molecule has 1 aromatic carbocycles. The van der Waals surface area contributed by atoms with E-state index in [1.54, 1.807) is 19.9 Å². The number of methoxy groups -OCH3 is 1. The molecule has 1 amide bonds. The molecule has 0 saturated carbocycles. The number of nitrogens with one attached hydrogen (secondary N) is 1. The number of halogens is 1. The number of aromatic nitrogens is 1. The summed E-state index contributed by atoms with van der Waals surface area (Å²) in [5.74, 6) is 0.203. The molecule has 2 rings (SSSR count). The summed E-state index contributed by atoms with van der Waals surface area (Å²) in [6, 6.07) is 4.58. The first-order chi connectivity index (χ1) is 10.0. The maximum absolute atomic E-state index is 13.5. The fraction of sp³-hybridized carbons (Fsp3) is 0.333. The molecule has 1 heterocycles. The SMILES string of the molecule is COc1ccc(CNC(=O)Cc2c(C)noc2C)cc1F. The molecule has 0 aliphatic rings. The van der Waals surface area contributed by atoms with Crippen molar-refractivity contribution in [2.24, 2.45) is 0 Å². The molecular weight excluding hydrogens is 275 g/mol. The second-order valence-electron chi connectivity index (χ2n) is 4.73. The summed E-state index contributed by atoms with van der Waals surface area (Å²) in [7, 11) is 1.41. The lowest BCUT2D eigenvalue weighted by atomic mass is 10.1. The molecule has 0 aliphatic heterocycles. The summed E-state index contributed by atoms with van der Waals surface area (Å²) in [4.78, 5) is 11.9. The normalized spacial score (nSPS) is 10.5. The number of hydrogen-bond donors (Lipinski definition) is 1. The van der Waals surface area contributed by atoms with Crippen LogP contribution in [0, 0.1) is 19.7 Å². The number of aryl methyl sites for hydroxylation is 2. The number of nitrogens with zero attached hydrogens (tertiary/aromatic N) is 1. The number of hydrogen-bond acceptors (Lipinski definition) is 4. The molecule has 21 heavy (non-hydrogen) atoms. The summed E-state index contributed by atoms with van der Waals surface area (Å²) in [5.41, 5.74) is 2.16. The second-order valence-corrected chi connectivity index (χ2v) is 4.73. The molecule has 1 N–H and O–H groups in total. The highest BCUT2D eigenvalue weighted by Gasteiger charge is 2.13. The number of ether oxygens (including phenoxy) is 1. The summed E-state index contributed by atoms with van der Waals surface area (Å²) < 4.78 is 23.4. The van der Waals surface area contributed by atoms with Crippen molar-refractivity contribution < 1.29 is 18.4 Å². The molecule has 6 heteroatoms. The van der Waals surface area contributed by atoms with Gasteiger partial charge in [-0.1, -0.05) is 11.2 Å². The van der Waals surface area contributed by atoms with Crippen LogP contribution in [0.15, 0.2) is 22.7 Å². The first-order valence-electron chi connectivity index (χ1n) is 6.52. The predicted octanol–water partition coefficient (Wildman–Crippen LogP) is 2.30. The van der Waals surface area contributed by atoms with Gasteiger partial charge in [-0.25, -0.2) is 4.39 Å². The summed E-state index contributed by atoms with van der Waals surface area (Å²) in [5, 5.41) is 6.54. The Morgan fingerprint density at radius 3 is 2.76 bits per heavy atom. The molecule has 0 fully saturated rings. The van der Waals surface area contributed by atoms with Crippen molar-refractivity contribution in [1.29, 1.82) is 0 Å². The smallest absolute Gasteiger partial charge is 0.224 e. The van der Waals surface area contributed by atoms with Crippen molar-refractivity contribution in [3.8, 4) is 5.75 Å². The zero-order chi connectivity index (χ0) is 15.4. The molecule has 0 radical (unpaired) electrons. The maximum atomic E-state index is 13.5. The third kappa shape index (κ3) is 3.59. The topological polar surface area (TPSA) is 64.4 Å². The van der Waals surface area contributed by atoms with Crippen LogP contribution in [0.3, 0.4) is 0 Å². The molecular formula is C15H17FN2O3. The van der Waals surface area contributed by atoms with E-state index in [1.807, 2.05) is 0 Å². The van der Waals surface area contributed by atoms with Crippen molar-refractivity contribution in [1.82, 2.24) is 10.5 Å². The second kappa shape index (κ2) is 6.39. The van der Waals surface area contributed by atoms with E-state index in [-0.39, 0.29) is 24.6 Å². The van der Waals surface area contributed by atoms with Gasteiger partial charge >= 0.3 is 0 Å². The van der Waals surface area contributed by atoms with E-state index in [4.69, 9.17) is 9.26 Å². The van der Waals surface area contributed by atoms with Gasteiger partial charge in [0.05, 0.1) is 19.2 Å². The van der Waals surface area contributed by atoms with Gasteiger partial charge in [0, 0.05) is 12.1 Å². The van der Waals surface area contributed by atoms with Crippen molar-refractivity contribution in [3.05, 3.63) is 46.6 Å².